The maximum atomic E-state index is 10.4. The van der Waals surface area contributed by atoms with Gasteiger partial charge in [-0.3, -0.25) is 4.79 Å². The van der Waals surface area contributed by atoms with Crippen LogP contribution in [0.1, 0.15) is 12.6 Å². The average molecular weight is 365 g/mol. The van der Waals surface area contributed by atoms with Crippen LogP contribution in [-0.2, 0) is 22.4 Å². The Kier molecular flexibility index (Phi) is 8.07. The van der Waals surface area contributed by atoms with Crippen molar-refractivity contribution in [2.45, 2.75) is 25.0 Å². The third-order valence-corrected chi connectivity index (χ3v) is 3.40. The third-order valence-electron chi connectivity index (χ3n) is 3.40. The Morgan fingerprint density at radius 2 is 1.35 bits per heavy atom. The minimum Gasteiger partial charge on any atom is -0.508 e. The minimum absolute atomic E-state index is 0. The van der Waals surface area contributed by atoms with Crippen molar-refractivity contribution in [3.05, 3.63) is 59.7 Å². The van der Waals surface area contributed by atoms with Gasteiger partial charge in [-0.2, -0.15) is 0 Å². The van der Waals surface area contributed by atoms with Gasteiger partial charge >= 0.3 is 11.9 Å². The molecule has 0 radical (unpaired) electrons. The summed E-state index contributed by atoms with van der Waals surface area (Å²) in [4.78, 5) is 20.7. The second kappa shape index (κ2) is 10.0. The van der Waals surface area contributed by atoms with Crippen LogP contribution in [0.3, 0.4) is 0 Å². The Morgan fingerprint density at radius 1 is 0.885 bits per heavy atom. The number of nitrogen functional groups attached to an aromatic ring is 1. The van der Waals surface area contributed by atoms with Crippen molar-refractivity contribution < 1.29 is 31.4 Å². The smallest absolute Gasteiger partial charge is 0.332 e. The van der Waals surface area contributed by atoms with E-state index >= 15 is 0 Å². The number of nitrogens with two attached hydrogens (primary N) is 2. The van der Waals surface area contributed by atoms with Crippen molar-refractivity contribution in [3.8, 4) is 5.75 Å². The molecule has 8 heteroatoms. The van der Waals surface area contributed by atoms with Gasteiger partial charge in [0.05, 0.1) is 0 Å². The molecule has 0 aliphatic carbocycles. The quantitative estimate of drug-likeness (QED) is 0.410. The van der Waals surface area contributed by atoms with Gasteiger partial charge in [-0.1, -0.05) is 24.3 Å². The van der Waals surface area contributed by atoms with Crippen molar-refractivity contribution >= 4 is 17.6 Å². The van der Waals surface area contributed by atoms with Gasteiger partial charge < -0.3 is 31.9 Å². The molecule has 0 aliphatic heterocycles. The van der Waals surface area contributed by atoms with Crippen molar-refractivity contribution in [1.82, 2.24) is 0 Å². The molecular formula is C18H24N2O6. The monoisotopic (exact) mass is 365 g/mol. The van der Waals surface area contributed by atoms with E-state index in [9.17, 15) is 9.59 Å². The van der Waals surface area contributed by atoms with Crippen molar-refractivity contribution in [2.75, 3.05) is 5.73 Å². The minimum atomic E-state index is -1.38. The summed E-state index contributed by atoms with van der Waals surface area (Å²) >= 11 is 0. The van der Waals surface area contributed by atoms with Crippen LogP contribution in [0.5, 0.6) is 5.75 Å². The van der Waals surface area contributed by atoms with Gasteiger partial charge in [0.15, 0.2) is 6.10 Å². The largest absolute Gasteiger partial charge is 0.508 e. The Balaban J connectivity index is 0.000000483. The first-order valence-corrected chi connectivity index (χ1v) is 7.70. The van der Waals surface area contributed by atoms with Crippen LogP contribution in [0.15, 0.2) is 48.5 Å². The summed E-state index contributed by atoms with van der Waals surface area (Å²) in [5.74, 6) is -2.11. The first kappa shape index (κ1) is 20.9. The van der Waals surface area contributed by atoms with E-state index in [-0.39, 0.29) is 13.6 Å². The van der Waals surface area contributed by atoms with Crippen molar-refractivity contribution in [3.63, 3.8) is 0 Å². The molecule has 0 spiro atoms. The fourth-order valence-corrected chi connectivity index (χ4v) is 1.94. The second-order valence-electron chi connectivity index (χ2n) is 5.62. The molecule has 8 nitrogen and oxygen atoms in total. The number of phenolic OH excluding ortho intramolecular Hbond substituents is 1. The molecule has 0 saturated carbocycles. The van der Waals surface area contributed by atoms with Gasteiger partial charge in [-0.25, -0.2) is 4.79 Å². The van der Waals surface area contributed by atoms with Crippen LogP contribution >= 0.6 is 0 Å². The number of carboxylic acids is 2. The molecular weight excluding hydrogens is 340 g/mol. The zero-order valence-electron chi connectivity index (χ0n) is 13.9. The number of carbonyl (C=O) groups is 2. The molecule has 0 saturated heterocycles. The number of benzene rings is 2. The van der Waals surface area contributed by atoms with Crippen LogP contribution in [0.2, 0.25) is 0 Å². The lowest BCUT2D eigenvalue weighted by Crippen LogP contribution is -2.32. The average Bonchev–Trinajstić information content (AvgIpc) is 2.59. The number of aliphatic hydroxyl groups is 1. The molecule has 0 amide bonds. The fourth-order valence-electron chi connectivity index (χ4n) is 1.94. The van der Waals surface area contributed by atoms with Gasteiger partial charge in [0.25, 0.3) is 0 Å². The molecule has 0 heterocycles. The summed E-state index contributed by atoms with van der Waals surface area (Å²) in [6.45, 7) is 0. The number of phenols is 1. The maximum absolute atomic E-state index is 10.4. The Hall–Kier alpha value is -3.10. The predicted octanol–water partition coefficient (Wildman–Crippen LogP) is 0.849. The first-order valence-electron chi connectivity index (χ1n) is 7.70. The summed E-state index contributed by atoms with van der Waals surface area (Å²) < 4.78 is 0. The van der Waals surface area contributed by atoms with E-state index in [1.807, 2.05) is 0 Å². The molecule has 0 aromatic heterocycles. The highest BCUT2D eigenvalue weighted by Crippen LogP contribution is 2.11. The number of anilines is 1. The fraction of sp³-hybridized carbons (Fsp3) is 0.222. The molecule has 2 atom stereocenters. The first-order chi connectivity index (χ1) is 12.2. The molecule has 0 bridgehead atoms. The number of hydrogen-bond donors (Lipinski definition) is 6. The van der Waals surface area contributed by atoms with Crippen LogP contribution in [-0.4, -0.2) is 44.5 Å². The van der Waals surface area contributed by atoms with E-state index in [2.05, 4.69) is 0 Å². The topological polar surface area (TPSA) is 167 Å². The lowest BCUT2D eigenvalue weighted by molar-refractivity contribution is -0.146. The number of hydrogen-bond acceptors (Lipinski definition) is 6. The number of aliphatic carboxylic acids is 2. The molecule has 26 heavy (non-hydrogen) atoms. The summed E-state index contributed by atoms with van der Waals surface area (Å²) in [6, 6.07) is 12.2. The number of aliphatic hydroxyl groups excluding tert-OH is 1. The predicted molar refractivity (Wildman–Crippen MR) is 97.7 cm³/mol. The number of rotatable bonds is 6. The molecule has 2 aromatic carbocycles. The number of carboxylic acid groups (broad SMARTS) is 2. The Morgan fingerprint density at radius 3 is 1.81 bits per heavy atom. The van der Waals surface area contributed by atoms with E-state index in [4.69, 9.17) is 31.9 Å². The highest BCUT2D eigenvalue weighted by atomic mass is 16.4. The van der Waals surface area contributed by atoms with Crippen LogP contribution in [0.4, 0.5) is 5.69 Å². The van der Waals surface area contributed by atoms with Gasteiger partial charge in [0.2, 0.25) is 0 Å². The van der Waals surface area contributed by atoms with E-state index in [0.29, 0.717) is 17.7 Å². The van der Waals surface area contributed by atoms with E-state index in [0.717, 1.165) is 5.56 Å². The Labute approximate surface area is 151 Å². The zero-order chi connectivity index (χ0) is 19.7. The lowest BCUT2D eigenvalue weighted by atomic mass is 10.1. The molecule has 2 aromatic rings. The third kappa shape index (κ3) is 7.65. The Bertz CT molecular complexity index is 658. The molecule has 142 valence electrons. The van der Waals surface area contributed by atoms with Crippen LogP contribution in [0.25, 0.3) is 0 Å². The normalized spacial score (nSPS) is 12.4. The standard InChI is InChI=1S/C9H12N2O2.C9H10O4.H2/c2*10-7-3-1-6(2-4-7)5-8(11)9(12)13;/h1-4,8H,5,10-11H2,(H,12,13);1-4,8,10-11H,5H2,(H,12,13);1H/t8-;;/m0../s1/i;;1+1. The molecule has 1 unspecified atom stereocenters. The van der Waals surface area contributed by atoms with E-state index in [1.165, 1.54) is 12.1 Å². The highest BCUT2D eigenvalue weighted by Gasteiger charge is 2.13. The second-order valence-corrected chi connectivity index (χ2v) is 5.62. The van der Waals surface area contributed by atoms with Crippen LogP contribution in [0, 0.1) is 0 Å². The SMILES string of the molecule is Nc1ccc(C[C@H](N)C(=O)O)cc1.O=C(O)C(O)Cc1ccc(O)cc1.[2HH]. The van der Waals surface area contributed by atoms with Gasteiger partial charge in [-0.15, -0.1) is 0 Å². The van der Waals surface area contributed by atoms with Gasteiger partial charge in [0.1, 0.15) is 11.8 Å². The van der Waals surface area contributed by atoms with Gasteiger partial charge in [-0.05, 0) is 41.8 Å². The maximum Gasteiger partial charge on any atom is 0.332 e. The van der Waals surface area contributed by atoms with E-state index in [1.54, 1.807) is 36.4 Å². The van der Waals surface area contributed by atoms with Crippen molar-refractivity contribution in [2.24, 2.45) is 5.73 Å². The summed E-state index contributed by atoms with van der Waals surface area (Å²) in [7, 11) is 0. The summed E-state index contributed by atoms with van der Waals surface area (Å²) in [6.07, 6.45) is -1.00. The lowest BCUT2D eigenvalue weighted by Gasteiger charge is -2.05. The molecule has 0 aliphatic rings. The summed E-state index contributed by atoms with van der Waals surface area (Å²) in [5, 5.41) is 34.9. The van der Waals surface area contributed by atoms with Gasteiger partial charge in [0, 0.05) is 13.5 Å². The summed E-state index contributed by atoms with van der Waals surface area (Å²) in [5.41, 5.74) is 13.0. The van der Waals surface area contributed by atoms with Crippen molar-refractivity contribution in [1.29, 1.82) is 0 Å². The highest BCUT2D eigenvalue weighted by molar-refractivity contribution is 5.73. The molecule has 2 rings (SSSR count). The number of aromatic hydroxyl groups is 1. The zero-order valence-corrected chi connectivity index (χ0v) is 13.9. The van der Waals surface area contributed by atoms with E-state index < -0.39 is 24.1 Å². The van der Waals surface area contributed by atoms with Crippen LogP contribution < -0.4 is 11.5 Å². The molecule has 8 N–H and O–H groups in total. The molecule has 0 fully saturated rings.